The molecule has 0 saturated carbocycles. The van der Waals surface area contributed by atoms with Crippen LogP contribution in [0.5, 0.6) is 0 Å². The number of aliphatic hydroxyl groups excluding tert-OH is 1. The Bertz CT molecular complexity index is 1140. The number of amides is 1. The summed E-state index contributed by atoms with van der Waals surface area (Å²) in [5.74, 6) is -2.65. The Hall–Kier alpha value is -2.77. The zero-order valence-electron chi connectivity index (χ0n) is 18.5. The maximum absolute atomic E-state index is 12.3. The average molecular weight is 528 g/mol. The molecule has 2 aromatic heterocycles. The van der Waals surface area contributed by atoms with E-state index in [0.717, 1.165) is 0 Å². The van der Waals surface area contributed by atoms with Gasteiger partial charge >= 0.3 is 11.9 Å². The van der Waals surface area contributed by atoms with Crippen LogP contribution in [0, 0.1) is 17.2 Å². The fourth-order valence-electron chi connectivity index (χ4n) is 3.38. The van der Waals surface area contributed by atoms with Crippen molar-refractivity contribution in [3.63, 3.8) is 0 Å². The summed E-state index contributed by atoms with van der Waals surface area (Å²) in [6, 6.07) is 0. The van der Waals surface area contributed by atoms with Crippen LogP contribution in [-0.4, -0.2) is 62.4 Å². The Labute approximate surface area is 197 Å². The van der Waals surface area contributed by atoms with Crippen LogP contribution in [0.15, 0.2) is 10.9 Å². The lowest BCUT2D eigenvalue weighted by Crippen LogP contribution is -2.40. The first kappa shape index (κ1) is 24.9. The zero-order chi connectivity index (χ0) is 24.6. The first-order chi connectivity index (χ1) is 15.4. The lowest BCUT2D eigenvalue weighted by molar-refractivity contribution is -0.164. The Morgan fingerprint density at radius 1 is 1.30 bits per heavy atom. The van der Waals surface area contributed by atoms with E-state index in [4.69, 9.17) is 25.4 Å². The van der Waals surface area contributed by atoms with E-state index in [0.29, 0.717) is 0 Å². The zero-order valence-corrected chi connectivity index (χ0v) is 20.1. The molecule has 1 saturated heterocycles. The maximum atomic E-state index is 12.3. The Kier molecular flexibility index (Phi) is 7.24. The fraction of sp³-hybridized carbons (Fsp3) is 0.550. The van der Waals surface area contributed by atoms with Crippen LogP contribution in [0.1, 0.15) is 44.3 Å². The van der Waals surface area contributed by atoms with Gasteiger partial charge in [-0.1, -0.05) is 27.7 Å². The van der Waals surface area contributed by atoms with Gasteiger partial charge in [-0.15, -0.1) is 0 Å². The second-order valence-corrected chi connectivity index (χ2v) is 9.09. The molecule has 1 aliphatic heterocycles. The minimum Gasteiger partial charge on any atom is -0.463 e. The van der Waals surface area contributed by atoms with Crippen LogP contribution in [0.4, 0.5) is 0 Å². The minimum atomic E-state index is -1.37. The molecule has 33 heavy (non-hydrogen) atoms. The lowest BCUT2D eigenvalue weighted by atomic mass is 10.1. The van der Waals surface area contributed by atoms with Gasteiger partial charge in [0.25, 0.3) is 5.91 Å². The van der Waals surface area contributed by atoms with E-state index in [1.54, 1.807) is 27.7 Å². The van der Waals surface area contributed by atoms with Crippen molar-refractivity contribution in [2.24, 2.45) is 17.6 Å². The molecule has 2 aromatic rings. The van der Waals surface area contributed by atoms with Crippen molar-refractivity contribution in [1.29, 1.82) is 5.41 Å². The number of nitrogens with zero attached hydrogens (tertiary/aromatic N) is 2. The molecule has 0 radical (unpaired) electrons. The van der Waals surface area contributed by atoms with Gasteiger partial charge in [-0.3, -0.25) is 24.4 Å². The molecule has 12 nitrogen and oxygen atoms in total. The Morgan fingerprint density at radius 3 is 2.52 bits per heavy atom. The summed E-state index contributed by atoms with van der Waals surface area (Å²) in [6.45, 7) is 6.38. The number of carbonyl (C=O) groups is 3. The highest BCUT2D eigenvalue weighted by Crippen LogP contribution is 2.35. The van der Waals surface area contributed by atoms with E-state index in [2.05, 4.69) is 25.9 Å². The minimum absolute atomic E-state index is 0.0227. The van der Waals surface area contributed by atoms with Gasteiger partial charge in [0.1, 0.15) is 30.8 Å². The van der Waals surface area contributed by atoms with Gasteiger partial charge in [-0.2, -0.15) is 0 Å². The molecule has 13 heteroatoms. The molecule has 1 fully saturated rings. The van der Waals surface area contributed by atoms with Gasteiger partial charge in [-0.05, 0) is 15.9 Å². The number of nitrogens with two attached hydrogens (primary N) is 1. The average Bonchev–Trinajstić information content (AvgIpc) is 3.24. The van der Waals surface area contributed by atoms with Crippen LogP contribution in [0.2, 0.25) is 0 Å². The van der Waals surface area contributed by atoms with Crippen molar-refractivity contribution >= 4 is 44.8 Å². The quantitative estimate of drug-likeness (QED) is 0.379. The van der Waals surface area contributed by atoms with E-state index in [9.17, 15) is 19.5 Å². The van der Waals surface area contributed by atoms with E-state index >= 15 is 0 Å². The standard InChI is InChI=1S/C20H26BrN5O7/c1-7(2)19(29)31-5-9-13(33-20(30)8(3)4)12(27)18(32-9)26-6-24-15(22)11-10(16(23)28)14(21)25-17(11)26/h6-9,12-13,18,22,25,27H,5H2,1-4H3,(H2,23,28)/t9-,12-,13+,18-/m0/s1. The third kappa shape index (κ3) is 4.80. The number of hydrogen-bond donors (Lipinski definition) is 4. The van der Waals surface area contributed by atoms with E-state index in [1.807, 2.05) is 0 Å². The van der Waals surface area contributed by atoms with Crippen molar-refractivity contribution in [3.05, 3.63) is 22.0 Å². The van der Waals surface area contributed by atoms with Crippen LogP contribution >= 0.6 is 15.9 Å². The summed E-state index contributed by atoms with van der Waals surface area (Å²) < 4.78 is 18.3. The molecular formula is C20H26BrN5O7. The number of esters is 2. The number of rotatable bonds is 7. The summed E-state index contributed by atoms with van der Waals surface area (Å²) >= 11 is 3.22. The smallest absolute Gasteiger partial charge is 0.308 e. The van der Waals surface area contributed by atoms with E-state index in [-0.39, 0.29) is 39.2 Å². The molecule has 0 aromatic carbocycles. The second-order valence-electron chi connectivity index (χ2n) is 8.30. The number of primary amides is 1. The maximum Gasteiger partial charge on any atom is 0.308 e. The molecule has 180 valence electrons. The molecule has 0 spiro atoms. The summed E-state index contributed by atoms with van der Waals surface area (Å²) in [5, 5.41) is 19.3. The number of aromatic nitrogens is 3. The highest BCUT2D eigenvalue weighted by Gasteiger charge is 2.48. The fourth-order valence-corrected chi connectivity index (χ4v) is 3.96. The van der Waals surface area contributed by atoms with Crippen LogP contribution < -0.4 is 11.2 Å². The predicted octanol–water partition coefficient (Wildman–Crippen LogP) is 0.731. The van der Waals surface area contributed by atoms with Crippen molar-refractivity contribution in [2.75, 3.05) is 6.61 Å². The summed E-state index contributed by atoms with van der Waals surface area (Å²) in [7, 11) is 0. The SMILES string of the molecule is CC(C)C(=O)OC[C@@H]1O[C@H](n2cnc(=N)c3c(C(N)=O)c(Br)[nH]c32)[C@@H](O)[C@@H]1OC(=O)C(C)C. The number of hydrogen-bond acceptors (Lipinski definition) is 9. The molecule has 0 unspecified atom stereocenters. The number of fused-ring (bicyclic) bond motifs is 1. The molecule has 3 rings (SSSR count). The van der Waals surface area contributed by atoms with Gasteiger partial charge in [0.05, 0.1) is 27.4 Å². The Morgan fingerprint density at radius 2 is 1.94 bits per heavy atom. The van der Waals surface area contributed by atoms with Crippen molar-refractivity contribution < 1.29 is 33.7 Å². The first-order valence-corrected chi connectivity index (χ1v) is 11.1. The first-order valence-electron chi connectivity index (χ1n) is 10.3. The van der Waals surface area contributed by atoms with Crippen LogP contribution in [-0.2, 0) is 23.8 Å². The third-order valence-corrected chi connectivity index (χ3v) is 5.75. The number of H-pyrrole nitrogens is 1. The number of halogens is 1. The Balaban J connectivity index is 2.01. The van der Waals surface area contributed by atoms with Crippen LogP contribution in [0.3, 0.4) is 0 Å². The van der Waals surface area contributed by atoms with Crippen molar-refractivity contribution in [1.82, 2.24) is 14.5 Å². The number of ether oxygens (including phenoxy) is 3. The van der Waals surface area contributed by atoms with E-state index < -0.39 is 48.3 Å². The monoisotopic (exact) mass is 527 g/mol. The highest BCUT2D eigenvalue weighted by molar-refractivity contribution is 9.10. The third-order valence-electron chi connectivity index (χ3n) is 5.16. The summed E-state index contributed by atoms with van der Waals surface area (Å²) in [6.07, 6.45) is -3.38. The molecule has 3 heterocycles. The van der Waals surface area contributed by atoms with Crippen LogP contribution in [0.25, 0.3) is 11.0 Å². The van der Waals surface area contributed by atoms with Gasteiger partial charge in [0.2, 0.25) is 0 Å². The molecule has 0 aliphatic carbocycles. The largest absolute Gasteiger partial charge is 0.463 e. The number of aromatic amines is 1. The summed E-state index contributed by atoms with van der Waals surface area (Å²) in [5.41, 5.74) is 5.49. The molecule has 1 amide bonds. The van der Waals surface area contributed by atoms with Gasteiger partial charge in [-0.25, -0.2) is 4.98 Å². The molecule has 5 N–H and O–H groups in total. The molecule has 0 bridgehead atoms. The molecular weight excluding hydrogens is 502 g/mol. The van der Waals surface area contributed by atoms with Gasteiger partial charge < -0.3 is 30.0 Å². The number of nitrogens with one attached hydrogen (secondary N) is 2. The second kappa shape index (κ2) is 9.61. The summed E-state index contributed by atoms with van der Waals surface area (Å²) in [4.78, 5) is 43.0. The molecule has 1 aliphatic rings. The normalized spacial score (nSPS) is 22.8. The van der Waals surface area contributed by atoms with Gasteiger partial charge in [0, 0.05) is 0 Å². The highest BCUT2D eigenvalue weighted by atomic mass is 79.9. The number of aliphatic hydroxyl groups is 1. The molecule has 4 atom stereocenters. The topological polar surface area (TPSA) is 183 Å². The lowest BCUT2D eigenvalue weighted by Gasteiger charge is -2.22. The predicted molar refractivity (Wildman–Crippen MR) is 117 cm³/mol. The van der Waals surface area contributed by atoms with Crippen molar-refractivity contribution in [3.8, 4) is 0 Å². The van der Waals surface area contributed by atoms with Gasteiger partial charge in [0.15, 0.2) is 17.8 Å². The van der Waals surface area contributed by atoms with E-state index in [1.165, 1.54) is 10.9 Å². The van der Waals surface area contributed by atoms with Crippen molar-refractivity contribution in [2.45, 2.75) is 52.2 Å². The number of carbonyl (C=O) groups excluding carboxylic acids is 3.